The average Bonchev–Trinajstić information content (AvgIpc) is 2.58. The van der Waals surface area contributed by atoms with Gasteiger partial charge in [-0.3, -0.25) is 5.10 Å². The lowest BCUT2D eigenvalue weighted by Gasteiger charge is -2.01. The molecule has 1 N–H and O–H groups in total. The van der Waals surface area contributed by atoms with E-state index in [1.165, 1.54) is 12.1 Å². The maximum Gasteiger partial charge on any atom is 0.261 e. The molecule has 1 heterocycles. The van der Waals surface area contributed by atoms with Gasteiger partial charge in [-0.1, -0.05) is 13.8 Å². The molecule has 86 valence electrons. The third-order valence-corrected chi connectivity index (χ3v) is 3.77. The van der Waals surface area contributed by atoms with Crippen molar-refractivity contribution in [2.75, 3.05) is 0 Å². The second-order valence-electron chi connectivity index (χ2n) is 3.91. The maximum atomic E-state index is 11.1. The summed E-state index contributed by atoms with van der Waals surface area (Å²) in [7, 11) is 1.58. The Morgan fingerprint density at radius 1 is 1.38 bits per heavy atom. The quantitative estimate of drug-likeness (QED) is 0.843. The number of hydrogen-bond donors (Lipinski definition) is 1. The van der Waals surface area contributed by atoms with Gasteiger partial charge in [0.2, 0.25) is 0 Å². The van der Waals surface area contributed by atoms with Gasteiger partial charge in [0.05, 0.1) is 10.4 Å². The molecule has 0 aliphatic carbocycles. The van der Waals surface area contributed by atoms with Gasteiger partial charge in [-0.2, -0.15) is 5.10 Å². The molecule has 2 aromatic rings. The van der Waals surface area contributed by atoms with Crippen LogP contribution in [0.1, 0.15) is 25.5 Å². The predicted octanol–water partition coefficient (Wildman–Crippen LogP) is 2.61. The van der Waals surface area contributed by atoms with Crippen LogP contribution in [0.3, 0.4) is 0 Å². The first-order valence-electron chi connectivity index (χ1n) is 4.82. The molecule has 4 nitrogen and oxygen atoms in total. The van der Waals surface area contributed by atoms with Crippen molar-refractivity contribution in [3.05, 3.63) is 23.9 Å². The number of H-pyrrole nitrogens is 1. The highest BCUT2D eigenvalue weighted by atomic mass is 35.7. The van der Waals surface area contributed by atoms with Crippen molar-refractivity contribution < 1.29 is 8.42 Å². The number of nitrogens with zero attached hydrogens (tertiary/aromatic N) is 1. The molecule has 0 bridgehead atoms. The van der Waals surface area contributed by atoms with Crippen LogP contribution in [0.5, 0.6) is 0 Å². The molecule has 0 saturated carbocycles. The summed E-state index contributed by atoms with van der Waals surface area (Å²) < 4.78 is 22.3. The maximum absolute atomic E-state index is 11.1. The molecular weight excluding hydrogens is 248 g/mol. The summed E-state index contributed by atoms with van der Waals surface area (Å²) >= 11 is 0. The molecule has 16 heavy (non-hydrogen) atoms. The number of nitrogens with one attached hydrogen (secondary N) is 1. The van der Waals surface area contributed by atoms with Crippen LogP contribution < -0.4 is 0 Å². The minimum Gasteiger partial charge on any atom is -0.281 e. The molecule has 2 rings (SSSR count). The Balaban J connectivity index is 2.67. The Labute approximate surface area is 98.0 Å². The summed E-state index contributed by atoms with van der Waals surface area (Å²) in [5, 5.41) is 7.90. The van der Waals surface area contributed by atoms with Gasteiger partial charge in [-0.05, 0) is 24.1 Å². The molecule has 0 fully saturated rings. The summed E-state index contributed by atoms with van der Waals surface area (Å²) in [6.07, 6.45) is 0. The normalized spacial score (nSPS) is 12.5. The lowest BCUT2D eigenvalue weighted by molar-refractivity contribution is 0.609. The minimum absolute atomic E-state index is 0.0727. The standard InChI is InChI=1S/C10H11ClN2O2S/c1-6(2)10-8-4-3-7(16(11,14)15)5-9(8)12-13-10/h3-6H,1-2H3,(H,12,13). The van der Waals surface area contributed by atoms with Gasteiger partial charge in [0.25, 0.3) is 9.05 Å². The summed E-state index contributed by atoms with van der Waals surface area (Å²) in [4.78, 5) is 0.0727. The Hall–Kier alpha value is -1.07. The van der Waals surface area contributed by atoms with E-state index >= 15 is 0 Å². The highest BCUT2D eigenvalue weighted by Gasteiger charge is 2.14. The lowest BCUT2D eigenvalue weighted by Crippen LogP contribution is -1.90. The van der Waals surface area contributed by atoms with Crippen LogP contribution in [0.15, 0.2) is 23.1 Å². The number of benzene rings is 1. The van der Waals surface area contributed by atoms with E-state index in [9.17, 15) is 8.42 Å². The lowest BCUT2D eigenvalue weighted by atomic mass is 10.1. The third kappa shape index (κ3) is 1.92. The fraction of sp³-hybridized carbons (Fsp3) is 0.300. The van der Waals surface area contributed by atoms with Crippen molar-refractivity contribution in [1.82, 2.24) is 10.2 Å². The van der Waals surface area contributed by atoms with Gasteiger partial charge < -0.3 is 0 Å². The van der Waals surface area contributed by atoms with Crippen LogP contribution in [-0.2, 0) is 9.05 Å². The Kier molecular flexibility index (Phi) is 2.67. The highest BCUT2D eigenvalue weighted by molar-refractivity contribution is 8.13. The molecule has 0 aliphatic rings. The van der Waals surface area contributed by atoms with Crippen LogP contribution in [0.2, 0.25) is 0 Å². The van der Waals surface area contributed by atoms with Gasteiger partial charge in [0.15, 0.2) is 0 Å². The van der Waals surface area contributed by atoms with E-state index in [1.54, 1.807) is 6.07 Å². The molecular formula is C10H11ClN2O2S. The second kappa shape index (κ2) is 3.75. The number of aromatic amines is 1. The summed E-state index contributed by atoms with van der Waals surface area (Å²) in [6.45, 7) is 4.08. The molecule has 0 radical (unpaired) electrons. The van der Waals surface area contributed by atoms with Crippen molar-refractivity contribution in [1.29, 1.82) is 0 Å². The SMILES string of the molecule is CC(C)c1[nH]nc2cc(S(=O)(=O)Cl)ccc12. The van der Waals surface area contributed by atoms with Crippen molar-refractivity contribution >= 4 is 30.6 Å². The first-order valence-corrected chi connectivity index (χ1v) is 7.13. The molecule has 6 heteroatoms. The summed E-state index contributed by atoms with van der Waals surface area (Å²) in [5.74, 6) is 0.309. The summed E-state index contributed by atoms with van der Waals surface area (Å²) in [6, 6.07) is 4.69. The molecule has 1 aromatic heterocycles. The van der Waals surface area contributed by atoms with E-state index in [-0.39, 0.29) is 4.90 Å². The monoisotopic (exact) mass is 258 g/mol. The third-order valence-electron chi connectivity index (χ3n) is 2.42. The minimum atomic E-state index is -3.69. The first-order chi connectivity index (χ1) is 7.39. The number of aromatic nitrogens is 2. The van der Waals surface area contributed by atoms with E-state index < -0.39 is 9.05 Å². The molecule has 0 spiro atoms. The van der Waals surface area contributed by atoms with Crippen molar-refractivity contribution in [2.24, 2.45) is 0 Å². The van der Waals surface area contributed by atoms with Crippen LogP contribution in [-0.4, -0.2) is 18.6 Å². The smallest absolute Gasteiger partial charge is 0.261 e. The molecule has 0 aliphatic heterocycles. The van der Waals surface area contributed by atoms with Gasteiger partial charge in [-0.25, -0.2) is 8.42 Å². The second-order valence-corrected chi connectivity index (χ2v) is 6.47. The zero-order valence-electron chi connectivity index (χ0n) is 8.86. The zero-order valence-corrected chi connectivity index (χ0v) is 10.4. The van der Waals surface area contributed by atoms with Crippen LogP contribution in [0.4, 0.5) is 0 Å². The molecule has 0 saturated heterocycles. The van der Waals surface area contributed by atoms with Crippen molar-refractivity contribution in [3.63, 3.8) is 0 Å². The largest absolute Gasteiger partial charge is 0.281 e. The number of rotatable bonds is 2. The zero-order chi connectivity index (χ0) is 11.9. The highest BCUT2D eigenvalue weighted by Crippen LogP contribution is 2.26. The fourth-order valence-corrected chi connectivity index (χ4v) is 2.38. The molecule has 0 atom stereocenters. The van der Waals surface area contributed by atoms with Crippen LogP contribution >= 0.6 is 10.7 Å². The van der Waals surface area contributed by atoms with Crippen molar-refractivity contribution in [2.45, 2.75) is 24.7 Å². The van der Waals surface area contributed by atoms with Gasteiger partial charge >= 0.3 is 0 Å². The number of hydrogen-bond acceptors (Lipinski definition) is 3. The molecule has 0 unspecified atom stereocenters. The predicted molar refractivity (Wildman–Crippen MR) is 63.2 cm³/mol. The van der Waals surface area contributed by atoms with E-state index in [1.807, 2.05) is 13.8 Å². The van der Waals surface area contributed by atoms with Crippen molar-refractivity contribution in [3.8, 4) is 0 Å². The van der Waals surface area contributed by atoms with Gasteiger partial charge in [0.1, 0.15) is 0 Å². The van der Waals surface area contributed by atoms with Gasteiger partial charge in [0, 0.05) is 21.8 Å². The summed E-state index contributed by atoms with van der Waals surface area (Å²) in [5.41, 5.74) is 1.61. The Bertz CT molecular complexity index is 631. The fourth-order valence-electron chi connectivity index (χ4n) is 1.60. The Morgan fingerprint density at radius 3 is 2.62 bits per heavy atom. The topological polar surface area (TPSA) is 62.8 Å². The van der Waals surface area contributed by atoms with E-state index in [2.05, 4.69) is 10.2 Å². The average molecular weight is 259 g/mol. The molecule has 0 amide bonds. The Morgan fingerprint density at radius 2 is 2.06 bits per heavy atom. The van der Waals surface area contributed by atoms with E-state index in [0.29, 0.717) is 11.4 Å². The number of halogens is 1. The number of fused-ring (bicyclic) bond motifs is 1. The molecule has 1 aromatic carbocycles. The van der Waals surface area contributed by atoms with E-state index in [0.717, 1.165) is 11.1 Å². The van der Waals surface area contributed by atoms with E-state index in [4.69, 9.17) is 10.7 Å². The first kappa shape index (κ1) is 11.4. The van der Waals surface area contributed by atoms with Crippen LogP contribution in [0.25, 0.3) is 10.9 Å². The van der Waals surface area contributed by atoms with Gasteiger partial charge in [-0.15, -0.1) is 0 Å². The van der Waals surface area contributed by atoms with Crippen LogP contribution in [0, 0.1) is 0 Å².